The summed E-state index contributed by atoms with van der Waals surface area (Å²) in [6.07, 6.45) is 8.11. The van der Waals surface area contributed by atoms with Gasteiger partial charge in [0.2, 0.25) is 11.8 Å². The molecule has 108 valence electrons. The number of carbonyl (C=O) groups is 2. The summed E-state index contributed by atoms with van der Waals surface area (Å²) in [6, 6.07) is 0. The normalized spacial score (nSPS) is 22.5. The van der Waals surface area contributed by atoms with Crippen molar-refractivity contribution in [1.29, 1.82) is 0 Å². The van der Waals surface area contributed by atoms with Crippen LogP contribution < -0.4 is 11.1 Å². The van der Waals surface area contributed by atoms with E-state index in [-0.39, 0.29) is 12.3 Å². The van der Waals surface area contributed by atoms with E-state index in [0.717, 1.165) is 6.42 Å². The maximum absolute atomic E-state index is 12.0. The van der Waals surface area contributed by atoms with Crippen LogP contribution in [0.25, 0.3) is 0 Å². The molecule has 0 bridgehead atoms. The Bertz CT molecular complexity index is 334. The fourth-order valence-electron chi connectivity index (χ4n) is 3.07. The number of nitrogens with two attached hydrogens (primary N) is 1. The monoisotopic (exact) mass is 268 g/mol. The summed E-state index contributed by atoms with van der Waals surface area (Å²) in [5.74, 6) is 0.329. The molecule has 1 aliphatic carbocycles. The highest BCUT2D eigenvalue weighted by Crippen LogP contribution is 2.27. The highest BCUT2D eigenvalue weighted by molar-refractivity contribution is 5.80. The van der Waals surface area contributed by atoms with Gasteiger partial charge in [0.25, 0.3) is 0 Å². The van der Waals surface area contributed by atoms with E-state index in [2.05, 4.69) is 5.32 Å². The van der Waals surface area contributed by atoms with E-state index >= 15 is 0 Å². The standard InChI is InChI=1S/C14H24N2O3/c15-12(17)8-14(9-19-10-14)16-13(18)7-6-11-4-2-1-3-5-11/h11H,1-10H2,(H2,15,17)(H,16,18). The van der Waals surface area contributed by atoms with E-state index in [1.807, 2.05) is 0 Å². The van der Waals surface area contributed by atoms with Crippen molar-refractivity contribution in [3.05, 3.63) is 0 Å². The van der Waals surface area contributed by atoms with E-state index in [1.54, 1.807) is 0 Å². The molecule has 0 atom stereocenters. The lowest BCUT2D eigenvalue weighted by atomic mass is 9.86. The van der Waals surface area contributed by atoms with Crippen molar-refractivity contribution in [2.24, 2.45) is 11.7 Å². The molecule has 2 rings (SSSR count). The molecule has 0 aromatic rings. The van der Waals surface area contributed by atoms with E-state index in [1.165, 1.54) is 32.1 Å². The molecular weight excluding hydrogens is 244 g/mol. The van der Waals surface area contributed by atoms with Gasteiger partial charge in [-0.3, -0.25) is 9.59 Å². The average molecular weight is 268 g/mol. The summed E-state index contributed by atoms with van der Waals surface area (Å²) in [4.78, 5) is 23.0. The number of rotatable bonds is 6. The quantitative estimate of drug-likeness (QED) is 0.757. The largest absolute Gasteiger partial charge is 0.376 e. The maximum atomic E-state index is 12.0. The van der Waals surface area contributed by atoms with E-state index in [4.69, 9.17) is 10.5 Å². The van der Waals surface area contributed by atoms with Gasteiger partial charge in [-0.2, -0.15) is 0 Å². The third kappa shape index (κ3) is 4.20. The molecule has 0 unspecified atom stereocenters. The van der Waals surface area contributed by atoms with Gasteiger partial charge >= 0.3 is 0 Å². The SMILES string of the molecule is NC(=O)CC1(NC(=O)CCC2CCCCC2)COC1. The lowest BCUT2D eigenvalue weighted by Crippen LogP contribution is -2.63. The van der Waals surface area contributed by atoms with Crippen molar-refractivity contribution in [2.75, 3.05) is 13.2 Å². The Morgan fingerprint density at radius 1 is 1.21 bits per heavy atom. The summed E-state index contributed by atoms with van der Waals surface area (Å²) in [6.45, 7) is 0.788. The van der Waals surface area contributed by atoms with Crippen LogP contribution >= 0.6 is 0 Å². The summed E-state index contributed by atoms with van der Waals surface area (Å²) >= 11 is 0. The minimum Gasteiger partial charge on any atom is -0.376 e. The third-order valence-corrected chi connectivity index (χ3v) is 4.18. The third-order valence-electron chi connectivity index (χ3n) is 4.18. The van der Waals surface area contributed by atoms with E-state index in [9.17, 15) is 9.59 Å². The molecule has 1 saturated heterocycles. The van der Waals surface area contributed by atoms with Gasteiger partial charge in [-0.15, -0.1) is 0 Å². The molecule has 1 aliphatic heterocycles. The Morgan fingerprint density at radius 3 is 2.42 bits per heavy atom. The van der Waals surface area contributed by atoms with Crippen LogP contribution in [0, 0.1) is 5.92 Å². The summed E-state index contributed by atoms with van der Waals surface area (Å²) < 4.78 is 5.11. The second-order valence-electron chi connectivity index (χ2n) is 6.01. The number of primary amides is 1. The smallest absolute Gasteiger partial charge is 0.220 e. The Hall–Kier alpha value is -1.10. The molecule has 2 aliphatic rings. The summed E-state index contributed by atoms with van der Waals surface area (Å²) in [7, 11) is 0. The molecular formula is C14H24N2O3. The van der Waals surface area contributed by atoms with Crippen molar-refractivity contribution in [3.63, 3.8) is 0 Å². The van der Waals surface area contributed by atoms with Crippen molar-refractivity contribution in [1.82, 2.24) is 5.32 Å². The first kappa shape index (κ1) is 14.3. The van der Waals surface area contributed by atoms with Crippen molar-refractivity contribution in [3.8, 4) is 0 Å². The molecule has 2 fully saturated rings. The lowest BCUT2D eigenvalue weighted by Gasteiger charge is -2.41. The van der Waals surface area contributed by atoms with Crippen LogP contribution in [0.5, 0.6) is 0 Å². The number of hydrogen-bond acceptors (Lipinski definition) is 3. The van der Waals surface area contributed by atoms with Crippen LogP contribution in [0.3, 0.4) is 0 Å². The van der Waals surface area contributed by atoms with Crippen LogP contribution in [-0.4, -0.2) is 30.6 Å². The number of carbonyl (C=O) groups excluding carboxylic acids is 2. The minimum atomic E-state index is -0.532. The van der Waals surface area contributed by atoms with Crippen molar-refractivity contribution in [2.45, 2.75) is 56.9 Å². The average Bonchev–Trinajstić information content (AvgIpc) is 2.34. The van der Waals surface area contributed by atoms with Crippen LogP contribution in [0.15, 0.2) is 0 Å². The Labute approximate surface area is 114 Å². The zero-order chi connectivity index (χ0) is 13.7. The molecule has 3 N–H and O–H groups in total. The molecule has 5 nitrogen and oxygen atoms in total. The zero-order valence-corrected chi connectivity index (χ0v) is 11.5. The molecule has 0 radical (unpaired) electrons. The Balaban J connectivity index is 1.72. The van der Waals surface area contributed by atoms with Crippen LogP contribution in [0.2, 0.25) is 0 Å². The van der Waals surface area contributed by atoms with Gasteiger partial charge in [-0.25, -0.2) is 0 Å². The fraction of sp³-hybridized carbons (Fsp3) is 0.857. The molecule has 1 heterocycles. The molecule has 19 heavy (non-hydrogen) atoms. The van der Waals surface area contributed by atoms with Crippen LogP contribution in [-0.2, 0) is 14.3 Å². The Kier molecular flexibility index (Phi) is 4.80. The highest BCUT2D eigenvalue weighted by atomic mass is 16.5. The summed E-state index contributed by atoms with van der Waals surface area (Å²) in [5, 5.41) is 2.94. The topological polar surface area (TPSA) is 81.4 Å². The number of amides is 2. The van der Waals surface area contributed by atoms with Gasteiger partial charge in [0, 0.05) is 6.42 Å². The van der Waals surface area contributed by atoms with Crippen LogP contribution in [0.4, 0.5) is 0 Å². The van der Waals surface area contributed by atoms with Gasteiger partial charge < -0.3 is 15.8 Å². The second kappa shape index (κ2) is 6.37. The molecule has 0 aromatic carbocycles. The van der Waals surface area contributed by atoms with Gasteiger partial charge in [0.05, 0.1) is 25.2 Å². The zero-order valence-electron chi connectivity index (χ0n) is 11.5. The maximum Gasteiger partial charge on any atom is 0.220 e. The number of nitrogens with one attached hydrogen (secondary N) is 1. The second-order valence-corrected chi connectivity index (χ2v) is 6.01. The Morgan fingerprint density at radius 2 is 1.89 bits per heavy atom. The molecule has 1 saturated carbocycles. The van der Waals surface area contributed by atoms with E-state index in [0.29, 0.717) is 25.6 Å². The number of ether oxygens (including phenoxy) is 1. The summed E-state index contributed by atoms with van der Waals surface area (Å²) in [5.41, 5.74) is 4.68. The minimum absolute atomic E-state index is 0.0233. The predicted octanol–water partition coefficient (Wildman–Crippen LogP) is 1.11. The predicted molar refractivity (Wildman–Crippen MR) is 71.3 cm³/mol. The first-order valence-corrected chi connectivity index (χ1v) is 7.27. The van der Waals surface area contributed by atoms with Gasteiger partial charge in [0.1, 0.15) is 0 Å². The molecule has 0 aromatic heterocycles. The fourth-order valence-corrected chi connectivity index (χ4v) is 3.07. The molecule has 0 spiro atoms. The lowest BCUT2D eigenvalue weighted by molar-refractivity contribution is -0.138. The first-order valence-electron chi connectivity index (χ1n) is 7.27. The van der Waals surface area contributed by atoms with Gasteiger partial charge in [-0.05, 0) is 12.3 Å². The van der Waals surface area contributed by atoms with Crippen molar-refractivity contribution < 1.29 is 14.3 Å². The molecule has 2 amide bonds. The van der Waals surface area contributed by atoms with Crippen LogP contribution in [0.1, 0.15) is 51.4 Å². The van der Waals surface area contributed by atoms with E-state index < -0.39 is 11.4 Å². The first-order chi connectivity index (χ1) is 9.10. The molecule has 5 heteroatoms. The number of hydrogen-bond donors (Lipinski definition) is 2. The highest BCUT2D eigenvalue weighted by Gasteiger charge is 2.41. The van der Waals surface area contributed by atoms with Crippen molar-refractivity contribution >= 4 is 11.8 Å². The van der Waals surface area contributed by atoms with Gasteiger partial charge in [-0.1, -0.05) is 32.1 Å². The van der Waals surface area contributed by atoms with Gasteiger partial charge in [0.15, 0.2) is 0 Å².